The van der Waals surface area contributed by atoms with Crippen LogP contribution in [0.5, 0.6) is 0 Å². The number of hydrogen-bond donors (Lipinski definition) is 1. The van der Waals surface area contributed by atoms with Gasteiger partial charge in [-0.15, -0.1) is 0 Å². The van der Waals surface area contributed by atoms with Gasteiger partial charge in [-0.2, -0.15) is 0 Å². The van der Waals surface area contributed by atoms with Crippen molar-refractivity contribution in [2.75, 3.05) is 13.1 Å². The third-order valence-electron chi connectivity index (χ3n) is 4.09. The van der Waals surface area contributed by atoms with Crippen LogP contribution in [0.1, 0.15) is 32.0 Å². The summed E-state index contributed by atoms with van der Waals surface area (Å²) >= 11 is 0. The summed E-state index contributed by atoms with van der Waals surface area (Å²) in [6.45, 7) is 7.62. The van der Waals surface area contributed by atoms with Crippen LogP contribution in [-0.2, 0) is 17.6 Å². The largest absolute Gasteiger partial charge is 0.358 e. The number of aromatic amines is 1. The molecule has 0 bridgehead atoms. The minimum absolute atomic E-state index is 0.256. The van der Waals surface area contributed by atoms with Crippen molar-refractivity contribution >= 4 is 16.8 Å². The molecule has 0 unspecified atom stereocenters. The zero-order valence-corrected chi connectivity index (χ0v) is 12.5. The van der Waals surface area contributed by atoms with Crippen molar-refractivity contribution in [2.24, 2.45) is 5.41 Å². The maximum absolute atomic E-state index is 12.4. The average Bonchev–Trinajstić information content (AvgIpc) is 2.62. The topological polar surface area (TPSA) is 36.1 Å². The Balaban J connectivity index is 1.88. The van der Waals surface area contributed by atoms with E-state index >= 15 is 0 Å². The highest BCUT2D eigenvalue weighted by molar-refractivity contribution is 5.85. The van der Waals surface area contributed by atoms with Gasteiger partial charge in [0, 0.05) is 41.5 Å². The van der Waals surface area contributed by atoms with Crippen molar-refractivity contribution in [3.8, 4) is 0 Å². The van der Waals surface area contributed by atoms with E-state index in [0.717, 1.165) is 25.9 Å². The van der Waals surface area contributed by atoms with Gasteiger partial charge in [0.05, 0.1) is 0 Å². The van der Waals surface area contributed by atoms with E-state index in [0.29, 0.717) is 0 Å². The molecule has 0 saturated heterocycles. The number of fused-ring (bicyclic) bond motifs is 3. The lowest BCUT2D eigenvalue weighted by atomic mass is 9.94. The van der Waals surface area contributed by atoms with Gasteiger partial charge >= 0.3 is 0 Å². The van der Waals surface area contributed by atoms with Crippen LogP contribution in [0.3, 0.4) is 0 Å². The van der Waals surface area contributed by atoms with Crippen LogP contribution in [0.4, 0.5) is 0 Å². The number of hydrogen-bond acceptors (Lipinski definition) is 1. The van der Waals surface area contributed by atoms with Gasteiger partial charge in [-0.1, -0.05) is 39.0 Å². The lowest BCUT2D eigenvalue weighted by Crippen LogP contribution is -2.40. The molecule has 1 amide bonds. The number of carbonyl (C=O) groups excluding carboxylic acids is 1. The Hall–Kier alpha value is -1.77. The number of amides is 1. The summed E-state index contributed by atoms with van der Waals surface area (Å²) in [5.41, 5.74) is 3.62. The molecule has 1 aromatic carbocycles. The molecule has 3 rings (SSSR count). The molecule has 106 valence electrons. The summed E-state index contributed by atoms with van der Waals surface area (Å²) in [6, 6.07) is 8.45. The van der Waals surface area contributed by atoms with Crippen LogP contribution in [0.15, 0.2) is 24.3 Å². The van der Waals surface area contributed by atoms with E-state index in [9.17, 15) is 4.79 Å². The molecule has 2 heterocycles. The monoisotopic (exact) mass is 270 g/mol. The van der Waals surface area contributed by atoms with Gasteiger partial charge in [0.15, 0.2) is 0 Å². The second kappa shape index (κ2) is 4.65. The smallest absolute Gasteiger partial charge is 0.227 e. The van der Waals surface area contributed by atoms with Crippen molar-refractivity contribution in [3.63, 3.8) is 0 Å². The molecular weight excluding hydrogens is 248 g/mol. The number of H-pyrrole nitrogens is 1. The molecular formula is C17H22N2O. The number of benzene rings is 1. The Morgan fingerprint density at radius 3 is 2.60 bits per heavy atom. The molecule has 0 fully saturated rings. The van der Waals surface area contributed by atoms with Gasteiger partial charge in [-0.05, 0) is 18.1 Å². The van der Waals surface area contributed by atoms with Gasteiger partial charge < -0.3 is 9.88 Å². The maximum Gasteiger partial charge on any atom is 0.227 e. The Kier molecular flexibility index (Phi) is 3.08. The summed E-state index contributed by atoms with van der Waals surface area (Å²) in [6.07, 6.45) is 1.87. The summed E-state index contributed by atoms with van der Waals surface area (Å²) in [5.74, 6) is 0.256. The molecule has 1 aliphatic heterocycles. The zero-order valence-electron chi connectivity index (χ0n) is 12.5. The molecule has 0 atom stereocenters. The highest BCUT2D eigenvalue weighted by Crippen LogP contribution is 2.27. The number of aromatic nitrogens is 1. The van der Waals surface area contributed by atoms with E-state index in [2.05, 4.69) is 29.2 Å². The van der Waals surface area contributed by atoms with E-state index in [1.807, 2.05) is 25.7 Å². The summed E-state index contributed by atoms with van der Waals surface area (Å²) in [7, 11) is 0. The van der Waals surface area contributed by atoms with Crippen LogP contribution in [0, 0.1) is 5.41 Å². The summed E-state index contributed by atoms with van der Waals surface area (Å²) in [5, 5.41) is 1.31. The number of carbonyl (C=O) groups is 1. The molecule has 3 heteroatoms. The molecule has 2 aromatic rings. The first-order valence-corrected chi connectivity index (χ1v) is 7.34. The first kappa shape index (κ1) is 13.2. The SMILES string of the molecule is CC(C)(C)C(=O)N1CCc2[nH]c3ccccc3c2CC1. The third kappa shape index (κ3) is 2.21. The molecule has 0 aliphatic carbocycles. The standard InChI is InChI=1S/C17H22N2O/c1-17(2,3)16(20)19-10-8-13-12-6-4-5-7-14(12)18-15(13)9-11-19/h4-7,18H,8-11H2,1-3H3. The predicted molar refractivity (Wildman–Crippen MR) is 81.7 cm³/mol. The van der Waals surface area contributed by atoms with Crippen molar-refractivity contribution in [1.29, 1.82) is 0 Å². The number of rotatable bonds is 0. The first-order chi connectivity index (χ1) is 9.47. The molecule has 0 spiro atoms. The highest BCUT2D eigenvalue weighted by Gasteiger charge is 2.29. The maximum atomic E-state index is 12.4. The predicted octanol–water partition coefficient (Wildman–Crippen LogP) is 3.14. The molecule has 0 radical (unpaired) electrons. The Labute approximate surface area is 120 Å². The highest BCUT2D eigenvalue weighted by atomic mass is 16.2. The number of nitrogens with one attached hydrogen (secondary N) is 1. The lowest BCUT2D eigenvalue weighted by molar-refractivity contribution is -0.139. The Bertz CT molecular complexity index is 649. The molecule has 1 N–H and O–H groups in total. The Morgan fingerprint density at radius 1 is 1.15 bits per heavy atom. The van der Waals surface area contributed by atoms with Gasteiger partial charge in [-0.25, -0.2) is 0 Å². The molecule has 3 nitrogen and oxygen atoms in total. The normalized spacial score (nSPS) is 16.1. The number of para-hydroxylation sites is 1. The minimum atomic E-state index is -0.292. The molecule has 1 aliphatic rings. The zero-order chi connectivity index (χ0) is 14.3. The second-order valence-corrected chi connectivity index (χ2v) is 6.67. The molecule has 20 heavy (non-hydrogen) atoms. The average molecular weight is 270 g/mol. The van der Waals surface area contributed by atoms with E-state index in [4.69, 9.17) is 0 Å². The fourth-order valence-corrected chi connectivity index (χ4v) is 3.04. The third-order valence-corrected chi connectivity index (χ3v) is 4.09. The lowest BCUT2D eigenvalue weighted by Gasteiger charge is -2.28. The van der Waals surface area contributed by atoms with Gasteiger partial charge in [-0.3, -0.25) is 4.79 Å². The Morgan fingerprint density at radius 2 is 1.85 bits per heavy atom. The van der Waals surface area contributed by atoms with Gasteiger partial charge in [0.2, 0.25) is 5.91 Å². The minimum Gasteiger partial charge on any atom is -0.358 e. The first-order valence-electron chi connectivity index (χ1n) is 7.34. The summed E-state index contributed by atoms with van der Waals surface area (Å²) < 4.78 is 0. The molecule has 1 aromatic heterocycles. The van der Waals surface area contributed by atoms with Crippen LogP contribution >= 0.6 is 0 Å². The quantitative estimate of drug-likeness (QED) is 0.784. The van der Waals surface area contributed by atoms with Crippen LogP contribution in [-0.4, -0.2) is 28.9 Å². The fourth-order valence-electron chi connectivity index (χ4n) is 3.04. The second-order valence-electron chi connectivity index (χ2n) is 6.67. The van der Waals surface area contributed by atoms with E-state index in [1.165, 1.54) is 22.2 Å². The summed E-state index contributed by atoms with van der Waals surface area (Å²) in [4.78, 5) is 18.0. The van der Waals surface area contributed by atoms with E-state index in [1.54, 1.807) is 0 Å². The van der Waals surface area contributed by atoms with E-state index < -0.39 is 0 Å². The van der Waals surface area contributed by atoms with Crippen LogP contribution < -0.4 is 0 Å². The van der Waals surface area contributed by atoms with Gasteiger partial charge in [0.25, 0.3) is 0 Å². The van der Waals surface area contributed by atoms with Crippen molar-refractivity contribution in [1.82, 2.24) is 9.88 Å². The van der Waals surface area contributed by atoms with Crippen molar-refractivity contribution in [2.45, 2.75) is 33.6 Å². The van der Waals surface area contributed by atoms with Crippen molar-refractivity contribution < 1.29 is 4.79 Å². The van der Waals surface area contributed by atoms with Crippen LogP contribution in [0.25, 0.3) is 10.9 Å². The number of nitrogens with zero attached hydrogens (tertiary/aromatic N) is 1. The van der Waals surface area contributed by atoms with Gasteiger partial charge in [0.1, 0.15) is 0 Å². The van der Waals surface area contributed by atoms with E-state index in [-0.39, 0.29) is 11.3 Å². The van der Waals surface area contributed by atoms with Crippen molar-refractivity contribution in [3.05, 3.63) is 35.5 Å². The van der Waals surface area contributed by atoms with Crippen LogP contribution in [0.2, 0.25) is 0 Å². The molecule has 0 saturated carbocycles. The fraction of sp³-hybridized carbons (Fsp3) is 0.471.